The average molecular weight is 390 g/mol. The van der Waals surface area contributed by atoms with Crippen LogP contribution in [-0.4, -0.2) is 40.3 Å². The van der Waals surface area contributed by atoms with E-state index in [9.17, 15) is 13.2 Å². The lowest BCUT2D eigenvalue weighted by Gasteiger charge is -2.21. The van der Waals surface area contributed by atoms with Gasteiger partial charge in [-0.15, -0.1) is 0 Å². The molecule has 3 rings (SSSR count). The number of hydrogen-bond donors (Lipinski definition) is 1. The lowest BCUT2D eigenvalue weighted by atomic mass is 10.2. The summed E-state index contributed by atoms with van der Waals surface area (Å²) < 4.78 is 36.7. The minimum atomic E-state index is -3.49. The van der Waals surface area contributed by atoms with Crippen LogP contribution in [0.4, 0.5) is 11.4 Å². The second kappa shape index (κ2) is 7.48. The smallest absolute Gasteiger partial charge is 0.265 e. The van der Waals surface area contributed by atoms with Crippen LogP contribution in [0.2, 0.25) is 0 Å². The second-order valence-electron chi connectivity index (χ2n) is 6.42. The predicted octanol–water partition coefficient (Wildman–Crippen LogP) is 2.56. The molecule has 1 heterocycles. The number of nitrogens with zero attached hydrogens (tertiary/aromatic N) is 1. The summed E-state index contributed by atoms with van der Waals surface area (Å²) in [5.41, 5.74) is 1.94. The van der Waals surface area contributed by atoms with Crippen LogP contribution in [0.5, 0.6) is 11.5 Å². The normalized spacial score (nSPS) is 16.7. The maximum atomic E-state index is 12.7. The first-order valence-electron chi connectivity index (χ1n) is 8.48. The Morgan fingerprint density at radius 2 is 2.04 bits per heavy atom. The van der Waals surface area contributed by atoms with E-state index in [2.05, 4.69) is 5.32 Å². The summed E-state index contributed by atoms with van der Waals surface area (Å²) in [4.78, 5) is 12.7. The van der Waals surface area contributed by atoms with Gasteiger partial charge in [0.05, 0.1) is 19.1 Å². The summed E-state index contributed by atoms with van der Waals surface area (Å²) in [5, 5.41) is 2.80. The van der Waals surface area contributed by atoms with Crippen LogP contribution in [0.25, 0.3) is 0 Å². The van der Waals surface area contributed by atoms with Crippen LogP contribution in [0.3, 0.4) is 0 Å². The largest absolute Gasteiger partial charge is 0.497 e. The molecule has 27 heavy (non-hydrogen) atoms. The van der Waals surface area contributed by atoms with E-state index in [1.807, 2.05) is 13.0 Å². The zero-order valence-electron chi connectivity index (χ0n) is 15.4. The Kier molecular flexibility index (Phi) is 5.27. The molecule has 0 bridgehead atoms. The van der Waals surface area contributed by atoms with E-state index in [-0.39, 0.29) is 18.9 Å². The molecule has 2 aromatic rings. The molecule has 0 radical (unpaired) electrons. The Balaban J connectivity index is 1.86. The number of benzene rings is 2. The standard InChI is InChI=1S/C19H22N2O5S/c1-13-7-8-17-16(11-13)21(27(3,23)24)10-9-18(26-17)19(22)20-14-5-4-6-15(12-14)25-2/h4-8,11-12,18H,9-10H2,1-3H3,(H,20,22). The van der Waals surface area contributed by atoms with Crippen LogP contribution >= 0.6 is 0 Å². The maximum Gasteiger partial charge on any atom is 0.265 e. The van der Waals surface area contributed by atoms with Crippen molar-refractivity contribution in [3.05, 3.63) is 48.0 Å². The van der Waals surface area contributed by atoms with Gasteiger partial charge >= 0.3 is 0 Å². The zero-order chi connectivity index (χ0) is 19.6. The van der Waals surface area contributed by atoms with Crippen molar-refractivity contribution in [1.29, 1.82) is 0 Å². The Labute approximate surface area is 158 Å². The molecular weight excluding hydrogens is 368 g/mol. The summed E-state index contributed by atoms with van der Waals surface area (Å²) in [5.74, 6) is 0.651. The molecule has 1 unspecified atom stereocenters. The first kappa shape index (κ1) is 19.0. The first-order chi connectivity index (χ1) is 12.8. The van der Waals surface area contributed by atoms with E-state index in [0.717, 1.165) is 11.8 Å². The zero-order valence-corrected chi connectivity index (χ0v) is 16.2. The fraction of sp³-hybridized carbons (Fsp3) is 0.316. The van der Waals surface area contributed by atoms with Gasteiger partial charge in [0.1, 0.15) is 11.5 Å². The van der Waals surface area contributed by atoms with Crippen molar-refractivity contribution in [3.8, 4) is 11.5 Å². The van der Waals surface area contributed by atoms with Crippen LogP contribution in [-0.2, 0) is 14.8 Å². The van der Waals surface area contributed by atoms with Gasteiger partial charge in [0.15, 0.2) is 6.10 Å². The van der Waals surface area contributed by atoms with Crippen molar-refractivity contribution in [3.63, 3.8) is 0 Å². The number of hydrogen-bond acceptors (Lipinski definition) is 5. The number of methoxy groups -OCH3 is 1. The number of anilines is 2. The molecule has 0 fully saturated rings. The number of ether oxygens (including phenoxy) is 2. The fourth-order valence-corrected chi connectivity index (χ4v) is 3.88. The van der Waals surface area contributed by atoms with Gasteiger partial charge in [0, 0.05) is 24.7 Å². The number of amides is 1. The molecule has 0 aliphatic carbocycles. The number of carbonyl (C=O) groups is 1. The maximum absolute atomic E-state index is 12.7. The summed E-state index contributed by atoms with van der Waals surface area (Å²) in [6, 6.07) is 12.3. The van der Waals surface area contributed by atoms with Gasteiger partial charge in [0.2, 0.25) is 10.0 Å². The van der Waals surface area contributed by atoms with Gasteiger partial charge in [0.25, 0.3) is 5.91 Å². The lowest BCUT2D eigenvalue weighted by molar-refractivity contribution is -0.122. The number of nitrogens with one attached hydrogen (secondary N) is 1. The third kappa shape index (κ3) is 4.33. The van der Waals surface area contributed by atoms with Crippen LogP contribution in [0, 0.1) is 6.92 Å². The Bertz CT molecular complexity index is 958. The number of rotatable bonds is 4. The molecule has 0 spiro atoms. The van der Waals surface area contributed by atoms with Gasteiger partial charge in [-0.2, -0.15) is 0 Å². The van der Waals surface area contributed by atoms with Crippen molar-refractivity contribution < 1.29 is 22.7 Å². The van der Waals surface area contributed by atoms with E-state index in [0.29, 0.717) is 22.9 Å². The Hall–Kier alpha value is -2.74. The van der Waals surface area contributed by atoms with Gasteiger partial charge in [-0.05, 0) is 36.8 Å². The van der Waals surface area contributed by atoms with Crippen molar-refractivity contribution in [2.45, 2.75) is 19.4 Å². The summed E-state index contributed by atoms with van der Waals surface area (Å²) >= 11 is 0. The van der Waals surface area contributed by atoms with Crippen molar-refractivity contribution >= 4 is 27.3 Å². The summed E-state index contributed by atoms with van der Waals surface area (Å²) in [6.45, 7) is 2.03. The van der Waals surface area contributed by atoms with Gasteiger partial charge in [-0.3, -0.25) is 9.10 Å². The topological polar surface area (TPSA) is 84.9 Å². The minimum absolute atomic E-state index is 0.158. The molecule has 0 saturated heterocycles. The summed E-state index contributed by atoms with van der Waals surface area (Å²) in [6.07, 6.45) is 0.566. The molecule has 144 valence electrons. The monoisotopic (exact) mass is 390 g/mol. The molecule has 0 aromatic heterocycles. The first-order valence-corrected chi connectivity index (χ1v) is 10.3. The van der Waals surface area contributed by atoms with Crippen LogP contribution in [0.15, 0.2) is 42.5 Å². The van der Waals surface area contributed by atoms with E-state index >= 15 is 0 Å². The highest BCUT2D eigenvalue weighted by atomic mass is 32.2. The number of carbonyl (C=O) groups excluding carboxylic acids is 1. The van der Waals surface area contributed by atoms with Crippen molar-refractivity contribution in [2.75, 3.05) is 29.5 Å². The Morgan fingerprint density at radius 1 is 1.26 bits per heavy atom. The van der Waals surface area contributed by atoms with Crippen LogP contribution < -0.4 is 19.1 Å². The third-order valence-corrected chi connectivity index (χ3v) is 5.46. The highest BCUT2D eigenvalue weighted by Gasteiger charge is 2.31. The van der Waals surface area contributed by atoms with E-state index < -0.39 is 16.1 Å². The molecule has 1 aliphatic rings. The highest BCUT2D eigenvalue weighted by Crippen LogP contribution is 2.35. The van der Waals surface area contributed by atoms with Gasteiger partial charge in [-0.1, -0.05) is 12.1 Å². The molecular formula is C19H22N2O5S. The van der Waals surface area contributed by atoms with Gasteiger partial charge in [-0.25, -0.2) is 8.42 Å². The van der Waals surface area contributed by atoms with Crippen LogP contribution in [0.1, 0.15) is 12.0 Å². The minimum Gasteiger partial charge on any atom is -0.497 e. The van der Waals surface area contributed by atoms with Crippen molar-refractivity contribution in [1.82, 2.24) is 0 Å². The Morgan fingerprint density at radius 3 is 2.74 bits per heavy atom. The quantitative estimate of drug-likeness (QED) is 0.867. The highest BCUT2D eigenvalue weighted by molar-refractivity contribution is 7.92. The van der Waals surface area contributed by atoms with Gasteiger partial charge < -0.3 is 14.8 Å². The molecule has 0 saturated carbocycles. The number of fused-ring (bicyclic) bond motifs is 1. The molecule has 2 aromatic carbocycles. The fourth-order valence-electron chi connectivity index (χ4n) is 2.94. The summed E-state index contributed by atoms with van der Waals surface area (Å²) in [7, 11) is -1.94. The molecule has 1 amide bonds. The molecule has 1 aliphatic heterocycles. The second-order valence-corrected chi connectivity index (χ2v) is 8.33. The predicted molar refractivity (Wildman–Crippen MR) is 104 cm³/mol. The van der Waals surface area contributed by atoms with Crippen molar-refractivity contribution in [2.24, 2.45) is 0 Å². The average Bonchev–Trinajstić information content (AvgIpc) is 2.81. The molecule has 1 N–H and O–H groups in total. The van der Waals surface area contributed by atoms with E-state index in [4.69, 9.17) is 9.47 Å². The number of aryl methyl sites for hydroxylation is 1. The molecule has 1 atom stereocenters. The van der Waals surface area contributed by atoms with E-state index in [1.54, 1.807) is 43.5 Å². The van der Waals surface area contributed by atoms with E-state index in [1.165, 1.54) is 4.31 Å². The number of sulfonamides is 1. The third-order valence-electron chi connectivity index (χ3n) is 4.28. The SMILES string of the molecule is COc1cccc(NC(=O)C2CCN(S(C)(=O)=O)c3cc(C)ccc3O2)c1. The molecule has 8 heteroatoms. The molecule has 7 nitrogen and oxygen atoms in total. The lowest BCUT2D eigenvalue weighted by Crippen LogP contribution is -2.35.